The summed E-state index contributed by atoms with van der Waals surface area (Å²) in [5, 5.41) is 2.36. The quantitative estimate of drug-likeness (QED) is 0.684. The molecular weight excluding hydrogens is 446 g/mol. The van der Waals surface area contributed by atoms with Crippen molar-refractivity contribution in [3.8, 4) is 11.5 Å². The summed E-state index contributed by atoms with van der Waals surface area (Å²) in [6, 6.07) is 11.7. The Morgan fingerprint density at radius 3 is 2.63 bits per heavy atom. The minimum Gasteiger partial charge on any atom is -0.486 e. The molecule has 2 aromatic rings. The Balaban J connectivity index is 1.10. The summed E-state index contributed by atoms with van der Waals surface area (Å²) in [7, 11) is 0. The molecule has 3 amide bonds. The number of nitrogens with one attached hydrogen (secondary N) is 1. The predicted octanol–water partition coefficient (Wildman–Crippen LogP) is 2.60. The summed E-state index contributed by atoms with van der Waals surface area (Å²) < 4.78 is 11.6. The van der Waals surface area contributed by atoms with Gasteiger partial charge in [-0.05, 0) is 61.5 Å². The first kappa shape index (κ1) is 22.1. The van der Waals surface area contributed by atoms with Crippen LogP contribution in [0.25, 0.3) is 0 Å². The number of benzene rings is 2. The van der Waals surface area contributed by atoms with Gasteiger partial charge in [0.25, 0.3) is 5.91 Å². The maximum absolute atomic E-state index is 13.0. The molecule has 1 N–H and O–H groups in total. The number of carbonyl (C=O) groups excluding carboxylic acids is 3. The van der Waals surface area contributed by atoms with E-state index in [1.807, 2.05) is 18.2 Å². The first-order valence-electron chi connectivity index (χ1n) is 12.4. The van der Waals surface area contributed by atoms with Crippen LogP contribution >= 0.6 is 0 Å². The third-order valence-corrected chi connectivity index (χ3v) is 7.65. The lowest BCUT2D eigenvalue weighted by molar-refractivity contribution is -0.136. The number of ether oxygens (including phenoxy) is 2. The van der Waals surface area contributed by atoms with Crippen molar-refractivity contribution in [2.75, 3.05) is 26.3 Å². The lowest BCUT2D eigenvalue weighted by Crippen LogP contribution is -2.52. The van der Waals surface area contributed by atoms with E-state index in [1.165, 1.54) is 11.1 Å². The molecule has 0 spiro atoms. The van der Waals surface area contributed by atoms with E-state index < -0.39 is 6.04 Å². The molecule has 8 heteroatoms. The highest BCUT2D eigenvalue weighted by Crippen LogP contribution is 2.37. The Morgan fingerprint density at radius 1 is 0.971 bits per heavy atom. The highest BCUT2D eigenvalue weighted by Gasteiger charge is 2.39. The van der Waals surface area contributed by atoms with Crippen molar-refractivity contribution >= 4 is 17.7 Å². The Bertz CT molecular complexity index is 1190. The molecule has 35 heavy (non-hydrogen) atoms. The number of fused-ring (bicyclic) bond motifs is 2. The van der Waals surface area contributed by atoms with E-state index in [9.17, 15) is 14.4 Å². The molecule has 2 fully saturated rings. The van der Waals surface area contributed by atoms with E-state index >= 15 is 0 Å². The minimum atomic E-state index is -0.572. The van der Waals surface area contributed by atoms with E-state index in [2.05, 4.69) is 28.4 Å². The number of rotatable bonds is 4. The number of nitrogens with zero attached hydrogens (tertiary/aromatic N) is 2. The van der Waals surface area contributed by atoms with E-state index in [1.54, 1.807) is 4.90 Å². The fourth-order valence-corrected chi connectivity index (χ4v) is 5.77. The van der Waals surface area contributed by atoms with Gasteiger partial charge < -0.3 is 14.4 Å². The van der Waals surface area contributed by atoms with Crippen LogP contribution in [0.2, 0.25) is 0 Å². The van der Waals surface area contributed by atoms with Crippen molar-refractivity contribution in [3.05, 3.63) is 58.7 Å². The fraction of sp³-hybridized carbons (Fsp3) is 0.444. The summed E-state index contributed by atoms with van der Waals surface area (Å²) >= 11 is 0. The molecule has 4 aliphatic rings. The number of hydrogen-bond acceptors (Lipinski definition) is 6. The van der Waals surface area contributed by atoms with Crippen molar-refractivity contribution in [2.45, 2.75) is 50.7 Å². The van der Waals surface area contributed by atoms with Gasteiger partial charge in [0, 0.05) is 30.6 Å². The van der Waals surface area contributed by atoms with Gasteiger partial charge >= 0.3 is 0 Å². The summed E-state index contributed by atoms with van der Waals surface area (Å²) in [6.07, 6.45) is 2.76. The highest BCUT2D eigenvalue weighted by atomic mass is 16.6. The van der Waals surface area contributed by atoms with Crippen molar-refractivity contribution in [3.63, 3.8) is 0 Å². The Labute approximate surface area is 204 Å². The number of likely N-dealkylation sites (tertiary alicyclic amines) is 1. The first-order chi connectivity index (χ1) is 17.1. The third-order valence-electron chi connectivity index (χ3n) is 7.65. The normalized spacial score (nSPS) is 22.8. The van der Waals surface area contributed by atoms with Crippen LogP contribution in [-0.4, -0.2) is 59.9 Å². The second-order valence-corrected chi connectivity index (χ2v) is 9.81. The second kappa shape index (κ2) is 9.00. The molecule has 1 atom stereocenters. The number of amides is 3. The van der Waals surface area contributed by atoms with Crippen LogP contribution in [0.5, 0.6) is 11.5 Å². The average molecular weight is 476 g/mol. The zero-order valence-electron chi connectivity index (χ0n) is 19.6. The monoisotopic (exact) mass is 475 g/mol. The van der Waals surface area contributed by atoms with Gasteiger partial charge in [0.15, 0.2) is 11.5 Å². The van der Waals surface area contributed by atoms with Gasteiger partial charge in [-0.15, -0.1) is 0 Å². The van der Waals surface area contributed by atoms with Gasteiger partial charge in [0.1, 0.15) is 19.3 Å². The lowest BCUT2D eigenvalue weighted by atomic mass is 9.87. The van der Waals surface area contributed by atoms with E-state index in [0.29, 0.717) is 37.7 Å². The molecule has 0 bridgehead atoms. The summed E-state index contributed by atoms with van der Waals surface area (Å²) in [5.74, 6) is 1.41. The summed E-state index contributed by atoms with van der Waals surface area (Å²) in [4.78, 5) is 40.8. The van der Waals surface area contributed by atoms with Crippen LogP contribution in [0.1, 0.15) is 58.6 Å². The average Bonchev–Trinajstić information content (AvgIpc) is 3.20. The van der Waals surface area contributed by atoms with Crippen LogP contribution in [0, 0.1) is 0 Å². The highest BCUT2D eigenvalue weighted by molar-refractivity contribution is 6.05. The van der Waals surface area contributed by atoms with Gasteiger partial charge in [-0.3, -0.25) is 24.6 Å². The van der Waals surface area contributed by atoms with Crippen molar-refractivity contribution < 1.29 is 23.9 Å². The topological polar surface area (TPSA) is 88.2 Å². The minimum absolute atomic E-state index is 0.117. The van der Waals surface area contributed by atoms with Crippen molar-refractivity contribution in [1.82, 2.24) is 15.1 Å². The predicted molar refractivity (Wildman–Crippen MR) is 127 cm³/mol. The third kappa shape index (κ3) is 4.16. The van der Waals surface area contributed by atoms with E-state index in [4.69, 9.17) is 9.47 Å². The standard InChI is InChI=1S/C27H29N3O5/c31-24-7-6-22(26(32)28-24)30-16-20-14-18(4-5-21(20)27(30)33)17-8-10-29(11-9-17)15-19-2-1-3-23-25(19)35-13-12-34-23/h1-5,14,17,22H,6-13,15-16H2,(H,28,31,32). The lowest BCUT2D eigenvalue weighted by Gasteiger charge is -2.33. The number of imide groups is 1. The molecule has 6 rings (SSSR count). The molecule has 4 aliphatic heterocycles. The Morgan fingerprint density at radius 2 is 1.80 bits per heavy atom. The van der Waals surface area contributed by atoms with Gasteiger partial charge in [0.05, 0.1) is 0 Å². The smallest absolute Gasteiger partial charge is 0.255 e. The van der Waals surface area contributed by atoms with Crippen LogP contribution in [0.15, 0.2) is 36.4 Å². The number of hydrogen-bond donors (Lipinski definition) is 1. The van der Waals surface area contributed by atoms with Gasteiger partial charge in [0.2, 0.25) is 11.8 Å². The Kier molecular flexibility index (Phi) is 5.68. The van der Waals surface area contributed by atoms with Gasteiger partial charge in [-0.25, -0.2) is 0 Å². The second-order valence-electron chi connectivity index (χ2n) is 9.81. The summed E-state index contributed by atoms with van der Waals surface area (Å²) in [6.45, 7) is 4.45. The molecule has 0 radical (unpaired) electrons. The largest absolute Gasteiger partial charge is 0.486 e. The van der Waals surface area contributed by atoms with Crippen molar-refractivity contribution in [1.29, 1.82) is 0 Å². The van der Waals surface area contributed by atoms with Crippen LogP contribution in [0.3, 0.4) is 0 Å². The summed E-state index contributed by atoms with van der Waals surface area (Å²) in [5.41, 5.74) is 4.08. The maximum atomic E-state index is 13.0. The van der Waals surface area contributed by atoms with Crippen LogP contribution in [0.4, 0.5) is 0 Å². The Hall–Kier alpha value is -3.39. The fourth-order valence-electron chi connectivity index (χ4n) is 5.77. The van der Waals surface area contributed by atoms with Gasteiger partial charge in [-0.2, -0.15) is 0 Å². The van der Waals surface area contributed by atoms with E-state index in [0.717, 1.165) is 49.5 Å². The maximum Gasteiger partial charge on any atom is 0.255 e. The molecule has 4 heterocycles. The molecule has 2 aromatic carbocycles. The molecule has 0 aliphatic carbocycles. The molecule has 8 nitrogen and oxygen atoms in total. The zero-order chi connectivity index (χ0) is 23.9. The van der Waals surface area contributed by atoms with Crippen LogP contribution in [-0.2, 0) is 22.7 Å². The molecule has 2 saturated heterocycles. The molecule has 0 saturated carbocycles. The van der Waals surface area contributed by atoms with Gasteiger partial charge in [-0.1, -0.05) is 24.3 Å². The zero-order valence-corrected chi connectivity index (χ0v) is 19.6. The van der Waals surface area contributed by atoms with Crippen LogP contribution < -0.4 is 14.8 Å². The molecule has 182 valence electrons. The number of carbonyl (C=O) groups is 3. The first-order valence-corrected chi connectivity index (χ1v) is 12.4. The SMILES string of the molecule is O=C1CCC(N2Cc3cc(C4CCN(Cc5cccc6c5OCCO6)CC4)ccc3C2=O)C(=O)N1. The van der Waals surface area contributed by atoms with Crippen molar-refractivity contribution in [2.24, 2.45) is 0 Å². The molecular formula is C27H29N3O5. The number of piperidine rings is 2. The number of para-hydroxylation sites is 1. The molecule has 1 unspecified atom stereocenters. The van der Waals surface area contributed by atoms with E-state index in [-0.39, 0.29) is 24.1 Å². The molecule has 0 aromatic heterocycles.